The Bertz CT molecular complexity index is 687. The summed E-state index contributed by atoms with van der Waals surface area (Å²) in [5.74, 6) is -0.123. The number of nitrogens with two attached hydrogens (primary N) is 2. The van der Waals surface area contributed by atoms with Crippen LogP contribution in [-0.4, -0.2) is 36.4 Å². The SMILES string of the molecule is NCCCN(Cc1ccccc1)C(=O)c1ccc(OCC(N)=O)cc1. The maximum Gasteiger partial charge on any atom is 0.255 e. The van der Waals surface area contributed by atoms with Crippen LogP contribution in [-0.2, 0) is 11.3 Å². The van der Waals surface area contributed by atoms with Gasteiger partial charge in [-0.2, -0.15) is 0 Å². The van der Waals surface area contributed by atoms with E-state index in [1.807, 2.05) is 30.3 Å². The van der Waals surface area contributed by atoms with Crippen LogP contribution in [0.5, 0.6) is 5.75 Å². The topological polar surface area (TPSA) is 98.7 Å². The van der Waals surface area contributed by atoms with Gasteiger partial charge in [-0.25, -0.2) is 0 Å². The second-order valence-corrected chi connectivity index (χ2v) is 5.63. The zero-order valence-electron chi connectivity index (χ0n) is 14.1. The van der Waals surface area contributed by atoms with Crippen molar-refractivity contribution in [1.82, 2.24) is 4.90 Å². The third-order valence-electron chi connectivity index (χ3n) is 3.62. The number of nitrogens with zero attached hydrogens (tertiary/aromatic N) is 1. The van der Waals surface area contributed by atoms with Gasteiger partial charge in [-0.3, -0.25) is 9.59 Å². The van der Waals surface area contributed by atoms with Crippen molar-refractivity contribution in [3.05, 3.63) is 65.7 Å². The van der Waals surface area contributed by atoms with Gasteiger partial charge in [0.25, 0.3) is 11.8 Å². The Kier molecular flexibility index (Phi) is 6.98. The van der Waals surface area contributed by atoms with E-state index in [-0.39, 0.29) is 12.5 Å². The van der Waals surface area contributed by atoms with E-state index < -0.39 is 5.91 Å². The van der Waals surface area contributed by atoms with Gasteiger partial charge in [-0.05, 0) is 42.8 Å². The summed E-state index contributed by atoms with van der Waals surface area (Å²) >= 11 is 0. The van der Waals surface area contributed by atoms with E-state index in [0.717, 1.165) is 12.0 Å². The highest BCUT2D eigenvalue weighted by molar-refractivity contribution is 5.94. The van der Waals surface area contributed by atoms with Crippen molar-refractivity contribution in [1.29, 1.82) is 0 Å². The Morgan fingerprint density at radius 2 is 1.68 bits per heavy atom. The molecule has 0 fully saturated rings. The number of carbonyl (C=O) groups excluding carboxylic acids is 2. The Labute approximate surface area is 147 Å². The van der Waals surface area contributed by atoms with Crippen molar-refractivity contribution in [3.8, 4) is 5.75 Å². The number of benzene rings is 2. The van der Waals surface area contributed by atoms with Crippen LogP contribution >= 0.6 is 0 Å². The molecule has 0 atom stereocenters. The highest BCUT2D eigenvalue weighted by atomic mass is 16.5. The normalized spacial score (nSPS) is 10.3. The summed E-state index contributed by atoms with van der Waals surface area (Å²) in [5, 5.41) is 0. The molecule has 0 saturated carbocycles. The molecule has 0 unspecified atom stereocenters. The van der Waals surface area contributed by atoms with E-state index in [9.17, 15) is 9.59 Å². The van der Waals surface area contributed by atoms with Crippen molar-refractivity contribution < 1.29 is 14.3 Å². The molecule has 0 spiro atoms. The summed E-state index contributed by atoms with van der Waals surface area (Å²) in [6.07, 6.45) is 0.735. The smallest absolute Gasteiger partial charge is 0.255 e. The number of amides is 2. The molecule has 0 aliphatic heterocycles. The minimum atomic E-state index is -0.545. The van der Waals surface area contributed by atoms with E-state index in [1.54, 1.807) is 29.2 Å². The zero-order chi connectivity index (χ0) is 18.1. The van der Waals surface area contributed by atoms with Gasteiger partial charge < -0.3 is 21.1 Å². The van der Waals surface area contributed by atoms with Crippen molar-refractivity contribution in [2.24, 2.45) is 11.5 Å². The first-order chi connectivity index (χ1) is 12.1. The number of rotatable bonds is 9. The molecule has 4 N–H and O–H groups in total. The molecule has 2 amide bonds. The van der Waals surface area contributed by atoms with Gasteiger partial charge in [-0.15, -0.1) is 0 Å². The third-order valence-corrected chi connectivity index (χ3v) is 3.62. The number of primary amides is 1. The molecule has 0 saturated heterocycles. The van der Waals surface area contributed by atoms with Crippen LogP contribution in [0.3, 0.4) is 0 Å². The predicted molar refractivity (Wildman–Crippen MR) is 96.0 cm³/mol. The Morgan fingerprint density at radius 1 is 1.00 bits per heavy atom. The van der Waals surface area contributed by atoms with Crippen LogP contribution in [0.15, 0.2) is 54.6 Å². The van der Waals surface area contributed by atoms with Gasteiger partial charge in [0, 0.05) is 18.7 Å². The second kappa shape index (κ2) is 9.44. The van der Waals surface area contributed by atoms with Crippen LogP contribution < -0.4 is 16.2 Å². The first-order valence-electron chi connectivity index (χ1n) is 8.14. The standard InChI is InChI=1S/C19H23N3O3/c20-11-4-12-22(13-15-5-2-1-3-6-15)19(24)16-7-9-17(10-8-16)25-14-18(21)23/h1-3,5-10H,4,11-14,20H2,(H2,21,23). The fraction of sp³-hybridized carbons (Fsp3) is 0.263. The van der Waals surface area contributed by atoms with Crippen LogP contribution in [0.4, 0.5) is 0 Å². The van der Waals surface area contributed by atoms with Crippen LogP contribution in [0.1, 0.15) is 22.3 Å². The molecule has 2 rings (SSSR count). The quantitative estimate of drug-likeness (QED) is 0.723. The number of ether oxygens (including phenoxy) is 1. The monoisotopic (exact) mass is 341 g/mol. The van der Waals surface area contributed by atoms with Gasteiger partial charge in [0.1, 0.15) is 5.75 Å². The maximum atomic E-state index is 12.8. The molecular weight excluding hydrogens is 318 g/mol. The molecule has 6 heteroatoms. The largest absolute Gasteiger partial charge is 0.484 e. The van der Waals surface area contributed by atoms with Gasteiger partial charge in [0.15, 0.2) is 6.61 Å². The van der Waals surface area contributed by atoms with Crippen molar-refractivity contribution in [3.63, 3.8) is 0 Å². The fourth-order valence-electron chi connectivity index (χ4n) is 2.37. The Balaban J connectivity index is 2.08. The highest BCUT2D eigenvalue weighted by Crippen LogP contribution is 2.15. The lowest BCUT2D eigenvalue weighted by Gasteiger charge is -2.23. The number of hydrogen-bond acceptors (Lipinski definition) is 4. The number of carbonyl (C=O) groups is 2. The molecule has 25 heavy (non-hydrogen) atoms. The average molecular weight is 341 g/mol. The van der Waals surface area contributed by atoms with Crippen LogP contribution in [0.25, 0.3) is 0 Å². The van der Waals surface area contributed by atoms with Gasteiger partial charge in [-0.1, -0.05) is 30.3 Å². The maximum absolute atomic E-state index is 12.8. The average Bonchev–Trinajstić information content (AvgIpc) is 2.64. The summed E-state index contributed by atoms with van der Waals surface area (Å²) in [6, 6.07) is 16.5. The van der Waals surface area contributed by atoms with E-state index in [4.69, 9.17) is 16.2 Å². The molecular formula is C19H23N3O3. The predicted octanol–water partition coefficient (Wildman–Crippen LogP) is 1.54. The molecule has 0 aliphatic carbocycles. The fourth-order valence-corrected chi connectivity index (χ4v) is 2.37. The summed E-state index contributed by atoms with van der Waals surface area (Å²) in [6.45, 7) is 1.45. The van der Waals surface area contributed by atoms with E-state index >= 15 is 0 Å². The molecule has 0 aliphatic rings. The Morgan fingerprint density at radius 3 is 2.28 bits per heavy atom. The molecule has 132 valence electrons. The highest BCUT2D eigenvalue weighted by Gasteiger charge is 2.16. The lowest BCUT2D eigenvalue weighted by molar-refractivity contribution is -0.119. The van der Waals surface area contributed by atoms with E-state index in [2.05, 4.69) is 0 Å². The minimum absolute atomic E-state index is 0.0706. The van der Waals surface area contributed by atoms with Gasteiger partial charge in [0.2, 0.25) is 0 Å². The van der Waals surface area contributed by atoms with Crippen LogP contribution in [0.2, 0.25) is 0 Å². The number of hydrogen-bond donors (Lipinski definition) is 2. The van der Waals surface area contributed by atoms with Crippen molar-refractivity contribution in [2.45, 2.75) is 13.0 Å². The van der Waals surface area contributed by atoms with E-state index in [1.165, 1.54) is 0 Å². The molecule has 2 aromatic carbocycles. The second-order valence-electron chi connectivity index (χ2n) is 5.63. The molecule has 0 heterocycles. The Hall–Kier alpha value is -2.86. The summed E-state index contributed by atoms with van der Waals surface area (Å²) < 4.78 is 5.21. The first-order valence-corrected chi connectivity index (χ1v) is 8.14. The molecule has 2 aromatic rings. The third kappa shape index (κ3) is 5.93. The van der Waals surface area contributed by atoms with Crippen LogP contribution in [0, 0.1) is 0 Å². The molecule has 0 radical (unpaired) electrons. The van der Waals surface area contributed by atoms with Crippen molar-refractivity contribution >= 4 is 11.8 Å². The van der Waals surface area contributed by atoms with Gasteiger partial charge in [0.05, 0.1) is 0 Å². The van der Waals surface area contributed by atoms with E-state index in [0.29, 0.717) is 30.9 Å². The molecule has 6 nitrogen and oxygen atoms in total. The lowest BCUT2D eigenvalue weighted by Crippen LogP contribution is -2.32. The minimum Gasteiger partial charge on any atom is -0.484 e. The lowest BCUT2D eigenvalue weighted by atomic mass is 10.1. The van der Waals surface area contributed by atoms with Gasteiger partial charge >= 0.3 is 0 Å². The first kappa shape index (κ1) is 18.5. The zero-order valence-corrected chi connectivity index (χ0v) is 14.1. The van der Waals surface area contributed by atoms with Crippen molar-refractivity contribution in [2.75, 3.05) is 19.7 Å². The summed E-state index contributed by atoms with van der Waals surface area (Å²) in [7, 11) is 0. The molecule has 0 bridgehead atoms. The summed E-state index contributed by atoms with van der Waals surface area (Å²) in [4.78, 5) is 25.3. The molecule has 0 aromatic heterocycles. The summed E-state index contributed by atoms with van der Waals surface area (Å²) in [5.41, 5.74) is 12.3.